The number of pyridine rings is 1. The van der Waals surface area contributed by atoms with Gasteiger partial charge in [0.05, 0.1) is 0 Å². The van der Waals surface area contributed by atoms with Gasteiger partial charge in [-0.3, -0.25) is 4.98 Å². The lowest BCUT2D eigenvalue weighted by Crippen LogP contribution is -2.13. The summed E-state index contributed by atoms with van der Waals surface area (Å²) in [7, 11) is 0. The minimum Gasteiger partial charge on any atom is -0.324 e. The van der Waals surface area contributed by atoms with Crippen LogP contribution in [0.2, 0.25) is 0 Å². The highest BCUT2D eigenvalue weighted by Crippen LogP contribution is 2.19. The van der Waals surface area contributed by atoms with Gasteiger partial charge in [-0.1, -0.05) is 29.8 Å². The van der Waals surface area contributed by atoms with E-state index in [2.05, 4.69) is 43.1 Å². The molecule has 0 saturated heterocycles. The van der Waals surface area contributed by atoms with Crippen LogP contribution in [0.1, 0.15) is 34.7 Å². The third-order valence-corrected chi connectivity index (χ3v) is 3.31. The van der Waals surface area contributed by atoms with Gasteiger partial charge < -0.3 is 5.73 Å². The minimum atomic E-state index is 0.0687. The number of benzene rings is 1. The molecule has 0 radical (unpaired) electrons. The van der Waals surface area contributed by atoms with Crippen molar-refractivity contribution in [3.8, 4) is 0 Å². The van der Waals surface area contributed by atoms with Crippen molar-refractivity contribution < 1.29 is 0 Å². The summed E-state index contributed by atoms with van der Waals surface area (Å²) in [6.45, 7) is 4.21. The Bertz CT molecular complexity index is 520. The number of nitrogens with zero attached hydrogens (tertiary/aromatic N) is 1. The van der Waals surface area contributed by atoms with E-state index in [9.17, 15) is 0 Å². The molecule has 0 bridgehead atoms. The van der Waals surface area contributed by atoms with Crippen molar-refractivity contribution in [2.45, 2.75) is 32.7 Å². The van der Waals surface area contributed by atoms with Crippen LogP contribution in [0.5, 0.6) is 0 Å². The van der Waals surface area contributed by atoms with E-state index in [0.29, 0.717) is 0 Å². The molecule has 0 amide bonds. The summed E-state index contributed by atoms with van der Waals surface area (Å²) in [6.07, 6.45) is 5.66. The number of aryl methyl sites for hydroxylation is 3. The molecular weight excluding hydrogens is 220 g/mol. The standard InChI is InChI=1S/C16H20N2/c1-12-4-3-5-14(10-12)6-7-16(17)15-11-18-9-8-13(15)2/h3-5,8-11,16H,6-7,17H2,1-2H3. The quantitative estimate of drug-likeness (QED) is 0.890. The Morgan fingerprint density at radius 2 is 2.06 bits per heavy atom. The third kappa shape index (κ3) is 3.17. The molecule has 2 rings (SSSR count). The van der Waals surface area contributed by atoms with Crippen LogP contribution in [-0.4, -0.2) is 4.98 Å². The van der Waals surface area contributed by atoms with Crippen LogP contribution in [0.3, 0.4) is 0 Å². The molecular formula is C16H20N2. The van der Waals surface area contributed by atoms with Gasteiger partial charge in [0.2, 0.25) is 0 Å². The molecule has 18 heavy (non-hydrogen) atoms. The van der Waals surface area contributed by atoms with E-state index in [1.54, 1.807) is 0 Å². The van der Waals surface area contributed by atoms with Crippen LogP contribution in [-0.2, 0) is 6.42 Å². The monoisotopic (exact) mass is 240 g/mol. The molecule has 2 nitrogen and oxygen atoms in total. The highest BCUT2D eigenvalue weighted by atomic mass is 14.7. The highest BCUT2D eigenvalue weighted by molar-refractivity contribution is 5.26. The van der Waals surface area contributed by atoms with Gasteiger partial charge in [-0.05, 0) is 49.4 Å². The van der Waals surface area contributed by atoms with Crippen LogP contribution in [0.15, 0.2) is 42.7 Å². The first-order chi connectivity index (χ1) is 8.66. The zero-order valence-corrected chi connectivity index (χ0v) is 11.1. The van der Waals surface area contributed by atoms with Crippen molar-refractivity contribution in [3.05, 3.63) is 65.0 Å². The molecule has 0 spiro atoms. The molecule has 1 aromatic heterocycles. The summed E-state index contributed by atoms with van der Waals surface area (Å²) < 4.78 is 0. The maximum absolute atomic E-state index is 6.24. The van der Waals surface area contributed by atoms with E-state index >= 15 is 0 Å². The SMILES string of the molecule is Cc1cccc(CCC(N)c2cnccc2C)c1. The normalized spacial score (nSPS) is 12.4. The van der Waals surface area contributed by atoms with Gasteiger partial charge in [0.25, 0.3) is 0 Å². The summed E-state index contributed by atoms with van der Waals surface area (Å²) in [6, 6.07) is 10.7. The van der Waals surface area contributed by atoms with Crippen LogP contribution >= 0.6 is 0 Å². The topological polar surface area (TPSA) is 38.9 Å². The Morgan fingerprint density at radius 1 is 1.22 bits per heavy atom. The lowest BCUT2D eigenvalue weighted by Gasteiger charge is -2.14. The Morgan fingerprint density at radius 3 is 2.78 bits per heavy atom. The number of hydrogen-bond donors (Lipinski definition) is 1. The van der Waals surface area contributed by atoms with E-state index in [1.165, 1.54) is 16.7 Å². The largest absolute Gasteiger partial charge is 0.324 e. The molecule has 1 aromatic carbocycles. The molecule has 0 fully saturated rings. The maximum Gasteiger partial charge on any atom is 0.0318 e. The lowest BCUT2D eigenvalue weighted by atomic mass is 9.97. The van der Waals surface area contributed by atoms with Crippen molar-refractivity contribution in [2.24, 2.45) is 5.73 Å². The van der Waals surface area contributed by atoms with Crippen LogP contribution in [0.25, 0.3) is 0 Å². The Balaban J connectivity index is 2.00. The first kappa shape index (κ1) is 12.8. The van der Waals surface area contributed by atoms with Crippen molar-refractivity contribution in [1.82, 2.24) is 4.98 Å². The predicted octanol–water partition coefficient (Wildman–Crippen LogP) is 3.33. The van der Waals surface area contributed by atoms with Gasteiger partial charge in [-0.2, -0.15) is 0 Å². The van der Waals surface area contributed by atoms with Gasteiger partial charge in [0.15, 0.2) is 0 Å². The fourth-order valence-corrected chi connectivity index (χ4v) is 2.21. The second-order valence-electron chi connectivity index (χ2n) is 4.87. The molecule has 2 aromatic rings. The summed E-state index contributed by atoms with van der Waals surface area (Å²) in [5, 5.41) is 0. The molecule has 0 aliphatic heterocycles. The van der Waals surface area contributed by atoms with Crippen LogP contribution < -0.4 is 5.73 Å². The molecule has 0 aliphatic rings. The second kappa shape index (κ2) is 5.78. The first-order valence-corrected chi connectivity index (χ1v) is 6.38. The van der Waals surface area contributed by atoms with E-state index in [4.69, 9.17) is 5.73 Å². The second-order valence-corrected chi connectivity index (χ2v) is 4.87. The first-order valence-electron chi connectivity index (χ1n) is 6.38. The predicted molar refractivity (Wildman–Crippen MR) is 75.4 cm³/mol. The van der Waals surface area contributed by atoms with Gasteiger partial charge in [0, 0.05) is 18.4 Å². The summed E-state index contributed by atoms with van der Waals surface area (Å²) >= 11 is 0. The number of rotatable bonds is 4. The fourth-order valence-electron chi connectivity index (χ4n) is 2.21. The highest BCUT2D eigenvalue weighted by Gasteiger charge is 2.09. The molecule has 2 heteroatoms. The van der Waals surface area contributed by atoms with Gasteiger partial charge in [-0.15, -0.1) is 0 Å². The molecule has 1 unspecified atom stereocenters. The lowest BCUT2D eigenvalue weighted by molar-refractivity contribution is 0.645. The Labute approximate surface area is 109 Å². The van der Waals surface area contributed by atoms with E-state index in [-0.39, 0.29) is 6.04 Å². The fraction of sp³-hybridized carbons (Fsp3) is 0.312. The summed E-state index contributed by atoms with van der Waals surface area (Å²) in [5.74, 6) is 0. The molecule has 0 aliphatic carbocycles. The van der Waals surface area contributed by atoms with Crippen molar-refractivity contribution >= 4 is 0 Å². The van der Waals surface area contributed by atoms with Gasteiger partial charge >= 0.3 is 0 Å². The molecule has 1 atom stereocenters. The number of nitrogens with two attached hydrogens (primary N) is 1. The Hall–Kier alpha value is -1.67. The third-order valence-electron chi connectivity index (χ3n) is 3.31. The van der Waals surface area contributed by atoms with E-state index < -0.39 is 0 Å². The molecule has 2 N–H and O–H groups in total. The van der Waals surface area contributed by atoms with Crippen molar-refractivity contribution in [2.75, 3.05) is 0 Å². The maximum atomic E-state index is 6.24. The summed E-state index contributed by atoms with van der Waals surface area (Å²) in [4.78, 5) is 4.16. The van der Waals surface area contributed by atoms with Crippen molar-refractivity contribution in [3.63, 3.8) is 0 Å². The zero-order valence-electron chi connectivity index (χ0n) is 11.1. The average Bonchev–Trinajstić information content (AvgIpc) is 2.37. The average molecular weight is 240 g/mol. The zero-order chi connectivity index (χ0) is 13.0. The van der Waals surface area contributed by atoms with Gasteiger partial charge in [0.1, 0.15) is 0 Å². The number of aromatic nitrogens is 1. The number of hydrogen-bond acceptors (Lipinski definition) is 2. The molecule has 1 heterocycles. The van der Waals surface area contributed by atoms with Crippen molar-refractivity contribution in [1.29, 1.82) is 0 Å². The summed E-state index contributed by atoms with van der Waals surface area (Å²) in [5.41, 5.74) is 11.3. The van der Waals surface area contributed by atoms with Gasteiger partial charge in [-0.25, -0.2) is 0 Å². The van der Waals surface area contributed by atoms with Crippen LogP contribution in [0.4, 0.5) is 0 Å². The molecule has 94 valence electrons. The Kier molecular flexibility index (Phi) is 4.11. The van der Waals surface area contributed by atoms with Crippen LogP contribution in [0, 0.1) is 13.8 Å². The minimum absolute atomic E-state index is 0.0687. The molecule has 0 saturated carbocycles. The van der Waals surface area contributed by atoms with E-state index in [1.807, 2.05) is 18.5 Å². The smallest absolute Gasteiger partial charge is 0.0318 e. The van der Waals surface area contributed by atoms with E-state index in [0.717, 1.165) is 18.4 Å².